The van der Waals surface area contributed by atoms with E-state index in [2.05, 4.69) is 0 Å². The average Bonchev–Trinajstić information content (AvgIpc) is 1.98. The van der Waals surface area contributed by atoms with Crippen LogP contribution in [0.1, 0.15) is 19.8 Å². The highest BCUT2D eigenvalue weighted by Crippen LogP contribution is 2.42. The van der Waals surface area contributed by atoms with Gasteiger partial charge in [0.1, 0.15) is 0 Å². The van der Waals surface area contributed by atoms with Crippen LogP contribution in [0.2, 0.25) is 0 Å². The second kappa shape index (κ2) is 5.02. The van der Waals surface area contributed by atoms with Crippen molar-refractivity contribution in [3.05, 3.63) is 0 Å². The van der Waals surface area contributed by atoms with Gasteiger partial charge < -0.3 is 0 Å². The Morgan fingerprint density at radius 1 is 1.07 bits per heavy atom. The van der Waals surface area contributed by atoms with Crippen molar-refractivity contribution >= 4 is 0 Å². The molecule has 3 N–H and O–H groups in total. The SMILES string of the molecule is CCCC(NN)C(C(F)(F)F)C(F)(F)F. The molecule has 0 saturated heterocycles. The van der Waals surface area contributed by atoms with Crippen LogP contribution in [0.3, 0.4) is 0 Å². The molecule has 8 heteroatoms. The van der Waals surface area contributed by atoms with Crippen molar-refractivity contribution in [2.45, 2.75) is 38.2 Å². The van der Waals surface area contributed by atoms with Crippen LogP contribution in [0.4, 0.5) is 26.3 Å². The molecule has 15 heavy (non-hydrogen) atoms. The maximum atomic E-state index is 12.2. The number of nitrogens with one attached hydrogen (secondary N) is 1. The zero-order valence-electron chi connectivity index (χ0n) is 7.91. The fraction of sp³-hybridized carbons (Fsp3) is 1.00. The van der Waals surface area contributed by atoms with Crippen LogP contribution in [-0.4, -0.2) is 18.4 Å². The van der Waals surface area contributed by atoms with Crippen molar-refractivity contribution in [3.63, 3.8) is 0 Å². The first-order valence-corrected chi connectivity index (χ1v) is 4.24. The van der Waals surface area contributed by atoms with Gasteiger partial charge in [0.05, 0.1) is 0 Å². The third-order valence-corrected chi connectivity index (χ3v) is 1.92. The second-order valence-electron chi connectivity index (χ2n) is 3.12. The first kappa shape index (κ1) is 14.5. The van der Waals surface area contributed by atoms with Crippen LogP contribution in [0.15, 0.2) is 0 Å². The van der Waals surface area contributed by atoms with Crippen LogP contribution in [0.25, 0.3) is 0 Å². The number of rotatable bonds is 4. The van der Waals surface area contributed by atoms with Gasteiger partial charge in [-0.3, -0.25) is 11.3 Å². The number of alkyl halides is 6. The van der Waals surface area contributed by atoms with Crippen molar-refractivity contribution in [2.75, 3.05) is 0 Å². The topological polar surface area (TPSA) is 38.0 Å². The van der Waals surface area contributed by atoms with E-state index in [4.69, 9.17) is 5.84 Å². The molecule has 0 radical (unpaired) electrons. The fourth-order valence-electron chi connectivity index (χ4n) is 1.30. The van der Waals surface area contributed by atoms with Gasteiger partial charge in [-0.2, -0.15) is 26.3 Å². The van der Waals surface area contributed by atoms with Crippen molar-refractivity contribution in [1.29, 1.82) is 0 Å². The lowest BCUT2D eigenvalue weighted by molar-refractivity contribution is -0.292. The van der Waals surface area contributed by atoms with E-state index in [-0.39, 0.29) is 12.8 Å². The van der Waals surface area contributed by atoms with Crippen LogP contribution in [0.5, 0.6) is 0 Å². The maximum Gasteiger partial charge on any atom is 0.402 e. The molecule has 0 fully saturated rings. The average molecular weight is 238 g/mol. The van der Waals surface area contributed by atoms with Crippen molar-refractivity contribution in [2.24, 2.45) is 11.8 Å². The molecule has 0 amide bonds. The lowest BCUT2D eigenvalue weighted by Gasteiger charge is -2.29. The Kier molecular flexibility index (Phi) is 4.85. The summed E-state index contributed by atoms with van der Waals surface area (Å²) in [5.41, 5.74) is 1.58. The molecule has 2 nitrogen and oxygen atoms in total. The van der Waals surface area contributed by atoms with Crippen molar-refractivity contribution in [1.82, 2.24) is 5.43 Å². The number of halogens is 6. The van der Waals surface area contributed by atoms with Crippen molar-refractivity contribution < 1.29 is 26.3 Å². The molecule has 0 spiro atoms. The highest BCUT2D eigenvalue weighted by Gasteiger charge is 2.59. The molecular formula is C7H12F6N2. The van der Waals surface area contributed by atoms with Gasteiger partial charge in [-0.15, -0.1) is 0 Å². The van der Waals surface area contributed by atoms with Crippen molar-refractivity contribution in [3.8, 4) is 0 Å². The summed E-state index contributed by atoms with van der Waals surface area (Å²) in [5.74, 6) is 1.28. The summed E-state index contributed by atoms with van der Waals surface area (Å²) >= 11 is 0. The Bertz CT molecular complexity index is 173. The van der Waals surface area contributed by atoms with Gasteiger partial charge in [-0.25, -0.2) is 0 Å². The van der Waals surface area contributed by atoms with Gasteiger partial charge in [0.25, 0.3) is 0 Å². The summed E-state index contributed by atoms with van der Waals surface area (Å²) in [6, 6.07) is -1.84. The molecular weight excluding hydrogens is 226 g/mol. The zero-order chi connectivity index (χ0) is 12.3. The monoisotopic (exact) mass is 238 g/mol. The maximum absolute atomic E-state index is 12.2. The zero-order valence-corrected chi connectivity index (χ0v) is 7.91. The van der Waals surface area contributed by atoms with E-state index in [1.54, 1.807) is 5.43 Å². The lowest BCUT2D eigenvalue weighted by Crippen LogP contribution is -2.53. The predicted octanol–water partition coefficient (Wildman–Crippen LogP) is 2.36. The van der Waals surface area contributed by atoms with E-state index < -0.39 is 24.3 Å². The van der Waals surface area contributed by atoms with Crippen LogP contribution >= 0.6 is 0 Å². The van der Waals surface area contributed by atoms with E-state index in [0.717, 1.165) is 0 Å². The molecule has 0 aliphatic carbocycles. The molecule has 0 aliphatic heterocycles. The highest BCUT2D eigenvalue weighted by molar-refractivity contribution is 4.85. The minimum atomic E-state index is -5.34. The summed E-state index contributed by atoms with van der Waals surface area (Å²) in [6.07, 6.45) is -10.8. The number of hydrogen-bond acceptors (Lipinski definition) is 2. The van der Waals surface area contributed by atoms with Gasteiger partial charge >= 0.3 is 12.4 Å². The lowest BCUT2D eigenvalue weighted by atomic mass is 9.95. The Balaban J connectivity index is 4.92. The molecule has 1 unspecified atom stereocenters. The molecule has 1 atom stereocenters. The summed E-state index contributed by atoms with van der Waals surface area (Å²) in [7, 11) is 0. The molecule has 0 aromatic carbocycles. The van der Waals surface area contributed by atoms with E-state index in [1.807, 2.05) is 0 Å². The smallest absolute Gasteiger partial charge is 0.271 e. The van der Waals surface area contributed by atoms with E-state index in [9.17, 15) is 26.3 Å². The molecule has 92 valence electrons. The molecule has 0 bridgehead atoms. The standard InChI is InChI=1S/C7H12F6N2/c1-2-3-4(15-14)5(6(8,9)10)7(11,12)13/h4-5,15H,2-3,14H2,1H3. The normalized spacial score (nSPS) is 15.8. The molecule has 0 saturated carbocycles. The molecule has 0 rings (SSSR count). The quantitative estimate of drug-likeness (QED) is 0.448. The third kappa shape index (κ3) is 4.25. The van der Waals surface area contributed by atoms with Crippen LogP contribution in [-0.2, 0) is 0 Å². The minimum Gasteiger partial charge on any atom is -0.271 e. The van der Waals surface area contributed by atoms with Gasteiger partial charge in [0.2, 0.25) is 0 Å². The first-order valence-electron chi connectivity index (χ1n) is 4.24. The minimum absolute atomic E-state index is 0.178. The van der Waals surface area contributed by atoms with Crippen LogP contribution < -0.4 is 11.3 Å². The van der Waals surface area contributed by atoms with Gasteiger partial charge in [0.15, 0.2) is 5.92 Å². The van der Waals surface area contributed by atoms with Gasteiger partial charge in [-0.1, -0.05) is 13.3 Å². The summed E-state index contributed by atoms with van der Waals surface area (Å²) in [5, 5.41) is 0. The van der Waals surface area contributed by atoms with Gasteiger partial charge in [0, 0.05) is 6.04 Å². The molecule has 0 aromatic heterocycles. The Morgan fingerprint density at radius 3 is 1.67 bits per heavy atom. The first-order chi connectivity index (χ1) is 6.64. The molecule has 0 heterocycles. The van der Waals surface area contributed by atoms with E-state index >= 15 is 0 Å². The second-order valence-corrected chi connectivity index (χ2v) is 3.12. The highest BCUT2D eigenvalue weighted by atomic mass is 19.4. The van der Waals surface area contributed by atoms with E-state index in [0.29, 0.717) is 0 Å². The Morgan fingerprint density at radius 2 is 1.47 bits per heavy atom. The fourth-order valence-corrected chi connectivity index (χ4v) is 1.30. The number of nitrogens with two attached hydrogens (primary N) is 1. The Hall–Kier alpha value is -0.500. The molecule has 0 aliphatic rings. The number of hydrazine groups is 1. The Labute approximate surface area is 82.8 Å². The molecule has 0 aromatic rings. The van der Waals surface area contributed by atoms with Gasteiger partial charge in [-0.05, 0) is 6.42 Å². The summed E-state index contributed by atoms with van der Waals surface area (Å²) < 4.78 is 73.0. The third-order valence-electron chi connectivity index (χ3n) is 1.92. The largest absolute Gasteiger partial charge is 0.402 e. The number of hydrogen-bond donors (Lipinski definition) is 2. The predicted molar refractivity (Wildman–Crippen MR) is 41.6 cm³/mol. The summed E-state index contributed by atoms with van der Waals surface area (Å²) in [6.45, 7) is 1.48. The summed E-state index contributed by atoms with van der Waals surface area (Å²) in [4.78, 5) is 0. The van der Waals surface area contributed by atoms with Crippen LogP contribution in [0, 0.1) is 5.92 Å². The van der Waals surface area contributed by atoms with E-state index in [1.165, 1.54) is 6.92 Å².